The van der Waals surface area contributed by atoms with Crippen molar-refractivity contribution in [2.45, 2.75) is 45.4 Å². The second-order valence-electron chi connectivity index (χ2n) is 16.2. The van der Waals surface area contributed by atoms with Crippen LogP contribution in [-0.2, 0) is 18.3 Å². The highest BCUT2D eigenvalue weighted by Gasteiger charge is 2.34. The van der Waals surface area contributed by atoms with Crippen LogP contribution in [0.3, 0.4) is 0 Å². The molecule has 1 aliphatic rings. The molecule has 0 spiro atoms. The summed E-state index contributed by atoms with van der Waals surface area (Å²) >= 11 is 0. The lowest BCUT2D eigenvalue weighted by atomic mass is 9.70. The Hall–Kier alpha value is -6.00. The molecule has 0 bridgehead atoms. The number of anilines is 8. The Morgan fingerprint density at radius 1 is 0.473 bits per heavy atom. The maximum atomic E-state index is 2.58. The molecule has 8 aromatic rings. The summed E-state index contributed by atoms with van der Waals surface area (Å²) in [6, 6.07) is 51.9. The summed E-state index contributed by atoms with van der Waals surface area (Å²) in [6.45, 7) is 7.21. The van der Waals surface area contributed by atoms with Gasteiger partial charge in [-0.15, -0.1) is 0 Å². The van der Waals surface area contributed by atoms with Crippen LogP contribution in [0, 0.1) is 0 Å². The summed E-state index contributed by atoms with van der Waals surface area (Å²) < 4.78 is 0. The van der Waals surface area contributed by atoms with Gasteiger partial charge in [0.05, 0.1) is 34.1 Å². The molecule has 0 amide bonds. The van der Waals surface area contributed by atoms with Gasteiger partial charge in [0.25, 0.3) is 0 Å². The molecular weight excluding hydrogens is 669 g/mol. The molecule has 4 nitrogen and oxygen atoms in total. The van der Waals surface area contributed by atoms with Gasteiger partial charge in [-0.3, -0.25) is 0 Å². The lowest BCUT2D eigenvalue weighted by Crippen LogP contribution is -2.24. The van der Waals surface area contributed by atoms with Crippen LogP contribution in [0.5, 0.6) is 0 Å². The number of hydrogen-bond donors (Lipinski definition) is 0. The molecule has 1 aliphatic carbocycles. The van der Waals surface area contributed by atoms with Crippen molar-refractivity contribution in [1.82, 2.24) is 0 Å². The SMILES string of the molecule is CCc1cc(N(c2ccccc2)c2ccccc2N(C)C)c2cc3c4c(cc(N(c5ccccc5)c5ccccc5N(C)C)c5ccc1c2c54)CCC3(C)C. The van der Waals surface area contributed by atoms with Gasteiger partial charge >= 0.3 is 0 Å². The highest BCUT2D eigenvalue weighted by atomic mass is 15.2. The zero-order chi connectivity index (χ0) is 38.0. The Morgan fingerprint density at radius 3 is 1.49 bits per heavy atom. The number of hydrogen-bond acceptors (Lipinski definition) is 4. The van der Waals surface area contributed by atoms with E-state index in [1.54, 1.807) is 0 Å². The monoisotopic (exact) mass is 718 g/mol. The zero-order valence-electron chi connectivity index (χ0n) is 33.2. The summed E-state index contributed by atoms with van der Waals surface area (Å²) in [5.41, 5.74) is 13.7. The third-order valence-electron chi connectivity index (χ3n) is 12.0. The molecule has 0 atom stereocenters. The minimum Gasteiger partial charge on any atom is -0.376 e. The minimum atomic E-state index is 0.0117. The normalized spacial score (nSPS) is 13.4. The molecule has 0 saturated carbocycles. The predicted molar refractivity (Wildman–Crippen MR) is 239 cm³/mol. The van der Waals surface area contributed by atoms with E-state index < -0.39 is 0 Å². The van der Waals surface area contributed by atoms with Crippen molar-refractivity contribution in [2.75, 3.05) is 47.8 Å². The Kier molecular flexibility index (Phi) is 8.46. The molecule has 8 aromatic carbocycles. The Labute approximate surface area is 326 Å². The van der Waals surface area contributed by atoms with Crippen LogP contribution in [-0.4, -0.2) is 28.2 Å². The van der Waals surface area contributed by atoms with Crippen molar-refractivity contribution in [3.05, 3.63) is 156 Å². The lowest BCUT2D eigenvalue weighted by Gasteiger charge is -2.37. The van der Waals surface area contributed by atoms with E-state index in [1.165, 1.54) is 83.1 Å². The summed E-state index contributed by atoms with van der Waals surface area (Å²) in [5.74, 6) is 0. The lowest BCUT2D eigenvalue weighted by molar-refractivity contribution is 0.475. The number of nitrogens with zero attached hydrogens (tertiary/aromatic N) is 4. The standard InChI is InChI=1S/C51H50N4/c1-8-34-31-47(55(37-21-13-10-14-22-37)45-26-18-16-24-43(45)53(6)7)40-33-41-48-35(29-30-51(41,2)3)32-46(39-28-27-38(34)49(40)50(39)48)54(36-19-11-9-12-20-36)44-25-17-15-23-42(44)52(4)5/h9-28,31-33H,8,29-30H2,1-7H3. The minimum absolute atomic E-state index is 0.0117. The Bertz CT molecular complexity index is 2680. The van der Waals surface area contributed by atoms with Crippen LogP contribution >= 0.6 is 0 Å². The molecule has 0 fully saturated rings. The average Bonchev–Trinajstić information content (AvgIpc) is 3.20. The topological polar surface area (TPSA) is 13.0 Å². The van der Waals surface area contributed by atoms with Crippen molar-refractivity contribution in [1.29, 1.82) is 0 Å². The van der Waals surface area contributed by atoms with Gasteiger partial charge in [0.15, 0.2) is 0 Å². The van der Waals surface area contributed by atoms with Crippen LogP contribution in [0.25, 0.3) is 32.3 Å². The molecule has 0 saturated heterocycles. The van der Waals surface area contributed by atoms with E-state index in [0.29, 0.717) is 0 Å². The highest BCUT2D eigenvalue weighted by molar-refractivity contribution is 6.30. The van der Waals surface area contributed by atoms with Crippen LogP contribution in [0.2, 0.25) is 0 Å². The maximum Gasteiger partial charge on any atom is 0.0695 e. The van der Waals surface area contributed by atoms with Gasteiger partial charge in [0, 0.05) is 55.7 Å². The van der Waals surface area contributed by atoms with Crippen LogP contribution < -0.4 is 19.6 Å². The van der Waals surface area contributed by atoms with E-state index in [9.17, 15) is 0 Å². The largest absolute Gasteiger partial charge is 0.376 e. The van der Waals surface area contributed by atoms with Gasteiger partial charge < -0.3 is 19.6 Å². The quantitative estimate of drug-likeness (QED) is 0.138. The molecule has 0 aliphatic heterocycles. The van der Waals surface area contributed by atoms with Gasteiger partial charge in [-0.1, -0.05) is 93.6 Å². The molecule has 0 N–H and O–H groups in total. The molecule has 0 heterocycles. The molecule has 0 unspecified atom stereocenters. The van der Waals surface area contributed by atoms with E-state index in [2.05, 4.69) is 208 Å². The molecule has 0 radical (unpaired) electrons. The third-order valence-corrected chi connectivity index (χ3v) is 12.0. The zero-order valence-corrected chi connectivity index (χ0v) is 33.2. The van der Waals surface area contributed by atoms with Crippen molar-refractivity contribution in [3.63, 3.8) is 0 Å². The van der Waals surface area contributed by atoms with Gasteiger partial charge in [-0.2, -0.15) is 0 Å². The first-order valence-corrected chi connectivity index (χ1v) is 19.7. The summed E-state index contributed by atoms with van der Waals surface area (Å²) in [4.78, 5) is 9.48. The fourth-order valence-corrected chi connectivity index (χ4v) is 9.23. The summed E-state index contributed by atoms with van der Waals surface area (Å²) in [7, 11) is 8.58. The first-order chi connectivity index (χ1) is 26.7. The average molecular weight is 719 g/mol. The smallest absolute Gasteiger partial charge is 0.0695 e. The predicted octanol–water partition coefficient (Wildman–Crippen LogP) is 13.4. The van der Waals surface area contributed by atoms with Crippen molar-refractivity contribution < 1.29 is 0 Å². The number of rotatable bonds is 9. The van der Waals surface area contributed by atoms with E-state index >= 15 is 0 Å². The van der Waals surface area contributed by atoms with Crippen LogP contribution in [0.1, 0.15) is 43.9 Å². The highest BCUT2D eigenvalue weighted by Crippen LogP contribution is 2.54. The van der Waals surface area contributed by atoms with E-state index in [-0.39, 0.29) is 5.41 Å². The van der Waals surface area contributed by atoms with Crippen molar-refractivity contribution in [3.8, 4) is 0 Å². The van der Waals surface area contributed by atoms with Gasteiger partial charge in [-0.25, -0.2) is 0 Å². The first kappa shape index (κ1) is 34.7. The van der Waals surface area contributed by atoms with Gasteiger partial charge in [0.2, 0.25) is 0 Å². The van der Waals surface area contributed by atoms with Crippen molar-refractivity contribution in [2.24, 2.45) is 0 Å². The molecule has 9 rings (SSSR count). The van der Waals surface area contributed by atoms with Crippen LogP contribution in [0.4, 0.5) is 45.5 Å². The number of para-hydroxylation sites is 6. The summed E-state index contributed by atoms with van der Waals surface area (Å²) in [5, 5.41) is 8.13. The fourth-order valence-electron chi connectivity index (χ4n) is 9.23. The molecular formula is C51H50N4. The molecule has 55 heavy (non-hydrogen) atoms. The fraction of sp³-hybridized carbons (Fsp3) is 0.216. The van der Waals surface area contributed by atoms with E-state index in [0.717, 1.165) is 30.6 Å². The van der Waals surface area contributed by atoms with E-state index in [4.69, 9.17) is 0 Å². The molecule has 4 heteroatoms. The third kappa shape index (κ3) is 5.57. The second-order valence-corrected chi connectivity index (χ2v) is 16.2. The number of aryl methyl sites for hydroxylation is 2. The first-order valence-electron chi connectivity index (χ1n) is 19.7. The molecule has 0 aromatic heterocycles. The van der Waals surface area contributed by atoms with Gasteiger partial charge in [0.1, 0.15) is 0 Å². The van der Waals surface area contributed by atoms with Crippen LogP contribution in [0.15, 0.2) is 140 Å². The van der Waals surface area contributed by atoms with Crippen molar-refractivity contribution >= 4 is 77.8 Å². The maximum absolute atomic E-state index is 2.58. The Balaban J connectivity index is 1.46. The van der Waals surface area contributed by atoms with Gasteiger partial charge in [-0.05, 0) is 124 Å². The molecule has 274 valence electrons. The summed E-state index contributed by atoms with van der Waals surface area (Å²) in [6.07, 6.45) is 3.07. The second kappa shape index (κ2) is 13.4. The number of benzene rings is 8. The van der Waals surface area contributed by atoms with E-state index in [1.807, 2.05) is 0 Å². The Morgan fingerprint density at radius 2 is 0.964 bits per heavy atom.